The molecule has 0 saturated carbocycles. The monoisotopic (exact) mass is 317 g/mol. The van der Waals surface area contributed by atoms with Gasteiger partial charge in [0.2, 0.25) is 0 Å². The van der Waals surface area contributed by atoms with Crippen LogP contribution in [0.1, 0.15) is 64.0 Å². The highest BCUT2D eigenvalue weighted by molar-refractivity contribution is 6.00. The average Bonchev–Trinajstić information content (AvgIpc) is 2.93. The Morgan fingerprint density at radius 2 is 2.17 bits per heavy atom. The molecular weight excluding hydrogens is 302 g/mol. The minimum absolute atomic E-state index is 0.0860. The molecule has 2 aromatic heterocycles. The maximum Gasteiger partial charge on any atom is 0.344 e. The summed E-state index contributed by atoms with van der Waals surface area (Å²) in [6, 6.07) is 1.31. The van der Waals surface area contributed by atoms with Crippen LogP contribution in [0.4, 0.5) is 0 Å². The molecule has 2 aromatic rings. The number of Topliss-reactive ketones (excluding diaryl/α,β-unsaturated/α-hetero) is 1. The lowest BCUT2D eigenvalue weighted by atomic mass is 9.94. The van der Waals surface area contributed by atoms with Gasteiger partial charge >= 0.3 is 5.97 Å². The zero-order valence-corrected chi connectivity index (χ0v) is 12.7. The second kappa shape index (κ2) is 5.79. The van der Waals surface area contributed by atoms with Gasteiger partial charge in [0.1, 0.15) is 5.56 Å². The van der Waals surface area contributed by atoms with Crippen molar-refractivity contribution in [3.05, 3.63) is 45.0 Å². The number of hydrogen-bond acceptors (Lipinski definition) is 7. The maximum absolute atomic E-state index is 12.2. The third-order valence-corrected chi connectivity index (χ3v) is 3.65. The Morgan fingerprint density at radius 1 is 1.39 bits per heavy atom. The molecule has 120 valence electrons. The van der Waals surface area contributed by atoms with Gasteiger partial charge in [0.05, 0.1) is 0 Å². The Hall–Kier alpha value is -2.77. The third kappa shape index (κ3) is 2.92. The number of rotatable bonds is 3. The van der Waals surface area contributed by atoms with Crippen molar-refractivity contribution in [3.8, 4) is 0 Å². The first-order valence-electron chi connectivity index (χ1n) is 7.26. The first-order valence-corrected chi connectivity index (χ1v) is 7.26. The third-order valence-electron chi connectivity index (χ3n) is 3.65. The number of nitrogens with one attached hydrogen (secondary N) is 1. The lowest BCUT2D eigenvalue weighted by molar-refractivity contribution is 0.0263. The van der Waals surface area contributed by atoms with E-state index in [1.807, 2.05) is 0 Å². The van der Waals surface area contributed by atoms with Crippen LogP contribution in [-0.2, 0) is 11.2 Å². The summed E-state index contributed by atoms with van der Waals surface area (Å²) in [5, 5.41) is 3.61. The molecule has 23 heavy (non-hydrogen) atoms. The lowest BCUT2D eigenvalue weighted by Gasteiger charge is -2.15. The van der Waals surface area contributed by atoms with Crippen molar-refractivity contribution in [2.75, 3.05) is 0 Å². The molecular formula is C15H15N3O5. The van der Waals surface area contributed by atoms with Gasteiger partial charge in [-0.15, -0.1) is 0 Å². The van der Waals surface area contributed by atoms with E-state index < -0.39 is 17.6 Å². The number of aromatic amines is 1. The van der Waals surface area contributed by atoms with Crippen LogP contribution in [0.15, 0.2) is 15.4 Å². The van der Waals surface area contributed by atoms with Crippen molar-refractivity contribution in [1.29, 1.82) is 0 Å². The van der Waals surface area contributed by atoms with Gasteiger partial charge in [-0.2, -0.15) is 4.98 Å². The molecule has 0 spiro atoms. The van der Waals surface area contributed by atoms with Crippen LogP contribution >= 0.6 is 0 Å². The molecule has 0 aliphatic heterocycles. The largest absolute Gasteiger partial charge is 0.449 e. The van der Waals surface area contributed by atoms with E-state index in [9.17, 15) is 14.4 Å². The van der Waals surface area contributed by atoms with Crippen LogP contribution < -0.4 is 5.56 Å². The molecule has 3 rings (SSSR count). The molecule has 8 nitrogen and oxygen atoms in total. The number of aromatic nitrogens is 3. The SMILES string of the molecule is Cc1noc(C(C)OC(=O)c2cc3c([nH]c2=O)CCCC3=O)n1. The highest BCUT2D eigenvalue weighted by Crippen LogP contribution is 2.20. The second-order valence-corrected chi connectivity index (χ2v) is 5.41. The predicted molar refractivity (Wildman–Crippen MR) is 77.2 cm³/mol. The first kappa shape index (κ1) is 15.1. The van der Waals surface area contributed by atoms with Crippen LogP contribution in [0.3, 0.4) is 0 Å². The Labute approximate surface area is 130 Å². The van der Waals surface area contributed by atoms with E-state index in [0.717, 1.165) is 0 Å². The summed E-state index contributed by atoms with van der Waals surface area (Å²) in [5.41, 5.74) is 0.173. The number of nitrogens with zero attached hydrogens (tertiary/aromatic N) is 2. The van der Waals surface area contributed by atoms with E-state index in [1.165, 1.54) is 6.07 Å². The number of ether oxygens (including phenoxy) is 1. The highest BCUT2D eigenvalue weighted by atomic mass is 16.6. The number of H-pyrrole nitrogens is 1. The van der Waals surface area contributed by atoms with Crippen LogP contribution in [0.2, 0.25) is 0 Å². The van der Waals surface area contributed by atoms with Crippen LogP contribution in [0, 0.1) is 6.92 Å². The average molecular weight is 317 g/mol. The van der Waals surface area contributed by atoms with Gasteiger partial charge in [-0.05, 0) is 32.8 Å². The molecule has 0 saturated heterocycles. The van der Waals surface area contributed by atoms with E-state index >= 15 is 0 Å². The van der Waals surface area contributed by atoms with E-state index in [-0.39, 0.29) is 17.2 Å². The smallest absolute Gasteiger partial charge is 0.344 e. The fourth-order valence-electron chi connectivity index (χ4n) is 2.48. The van der Waals surface area contributed by atoms with Gasteiger partial charge in [-0.1, -0.05) is 5.16 Å². The number of carbonyl (C=O) groups is 2. The van der Waals surface area contributed by atoms with Crippen LogP contribution in [-0.4, -0.2) is 26.9 Å². The number of carbonyl (C=O) groups excluding carboxylic acids is 2. The Kier molecular flexibility index (Phi) is 3.81. The molecule has 0 bridgehead atoms. The van der Waals surface area contributed by atoms with Gasteiger partial charge in [0.25, 0.3) is 11.4 Å². The van der Waals surface area contributed by atoms with E-state index in [1.54, 1.807) is 13.8 Å². The fraction of sp³-hybridized carbons (Fsp3) is 0.400. The number of hydrogen-bond donors (Lipinski definition) is 1. The van der Waals surface area contributed by atoms with Crippen molar-refractivity contribution in [3.63, 3.8) is 0 Å². The molecule has 1 unspecified atom stereocenters. The zero-order chi connectivity index (χ0) is 16.6. The van der Waals surface area contributed by atoms with Crippen molar-refractivity contribution in [2.45, 2.75) is 39.2 Å². The number of pyridine rings is 1. The van der Waals surface area contributed by atoms with Crippen molar-refractivity contribution in [1.82, 2.24) is 15.1 Å². The van der Waals surface area contributed by atoms with Gasteiger partial charge in [0.15, 0.2) is 17.7 Å². The quantitative estimate of drug-likeness (QED) is 0.853. The molecule has 0 radical (unpaired) electrons. The lowest BCUT2D eigenvalue weighted by Crippen LogP contribution is -2.26. The molecule has 8 heteroatoms. The standard InChI is InChI=1S/C15H15N3O5/c1-7(14-16-8(2)18-23-14)22-15(21)10-6-9-11(17-13(10)20)4-3-5-12(9)19/h6-7H,3-5H2,1-2H3,(H,17,20). The normalized spacial score (nSPS) is 15.1. The number of aryl methyl sites for hydroxylation is 2. The summed E-state index contributed by atoms with van der Waals surface area (Å²) >= 11 is 0. The van der Waals surface area contributed by atoms with E-state index in [2.05, 4.69) is 15.1 Å². The zero-order valence-electron chi connectivity index (χ0n) is 12.7. The summed E-state index contributed by atoms with van der Waals surface area (Å²) in [6.45, 7) is 3.20. The number of fused-ring (bicyclic) bond motifs is 1. The molecule has 1 aliphatic carbocycles. The predicted octanol–water partition coefficient (Wildman–Crippen LogP) is 1.50. The molecule has 0 fully saturated rings. The summed E-state index contributed by atoms with van der Waals surface area (Å²) in [4.78, 5) is 42.7. The van der Waals surface area contributed by atoms with Gasteiger partial charge in [0, 0.05) is 17.7 Å². The topological polar surface area (TPSA) is 115 Å². The fourth-order valence-corrected chi connectivity index (χ4v) is 2.48. The Morgan fingerprint density at radius 3 is 2.87 bits per heavy atom. The van der Waals surface area contributed by atoms with E-state index in [4.69, 9.17) is 9.26 Å². The summed E-state index contributed by atoms with van der Waals surface area (Å²) in [7, 11) is 0. The van der Waals surface area contributed by atoms with Gasteiger partial charge in [-0.3, -0.25) is 9.59 Å². The molecule has 1 atom stereocenters. The maximum atomic E-state index is 12.2. The van der Waals surface area contributed by atoms with Crippen LogP contribution in [0.5, 0.6) is 0 Å². The van der Waals surface area contributed by atoms with Crippen molar-refractivity contribution in [2.24, 2.45) is 0 Å². The minimum Gasteiger partial charge on any atom is -0.449 e. The number of ketones is 1. The highest BCUT2D eigenvalue weighted by Gasteiger charge is 2.25. The van der Waals surface area contributed by atoms with Crippen molar-refractivity contribution < 1.29 is 18.8 Å². The van der Waals surface area contributed by atoms with E-state index in [0.29, 0.717) is 36.3 Å². The molecule has 0 aromatic carbocycles. The first-order chi connectivity index (χ1) is 11.0. The molecule has 1 N–H and O–H groups in total. The minimum atomic E-state index is -0.837. The summed E-state index contributed by atoms with van der Waals surface area (Å²) < 4.78 is 10.1. The molecule has 2 heterocycles. The second-order valence-electron chi connectivity index (χ2n) is 5.41. The summed E-state index contributed by atoms with van der Waals surface area (Å²) in [5.74, 6) is -0.366. The van der Waals surface area contributed by atoms with Gasteiger partial charge < -0.3 is 14.2 Å². The molecule has 1 aliphatic rings. The molecule has 0 amide bonds. The van der Waals surface area contributed by atoms with Crippen molar-refractivity contribution >= 4 is 11.8 Å². The number of esters is 1. The summed E-state index contributed by atoms with van der Waals surface area (Å²) in [6.07, 6.45) is 0.919. The Balaban J connectivity index is 1.86. The van der Waals surface area contributed by atoms with Crippen LogP contribution in [0.25, 0.3) is 0 Å². The van der Waals surface area contributed by atoms with Gasteiger partial charge in [-0.25, -0.2) is 4.79 Å². The Bertz CT molecular complexity index is 836.